The molecule has 1 saturated heterocycles. The quantitative estimate of drug-likeness (QED) is 0.689. The van der Waals surface area contributed by atoms with Crippen LogP contribution in [0.3, 0.4) is 0 Å². The lowest BCUT2D eigenvalue weighted by atomic mass is 9.86. The second-order valence-electron chi connectivity index (χ2n) is 8.20. The Labute approximate surface area is 167 Å². The first-order valence-electron chi connectivity index (χ1n) is 10.7. The molecule has 1 aliphatic carbocycles. The molecule has 6 heteroatoms. The summed E-state index contributed by atoms with van der Waals surface area (Å²) in [6.07, 6.45) is 9.45. The average molecular weight is 388 g/mol. The van der Waals surface area contributed by atoms with Gasteiger partial charge in [-0.1, -0.05) is 19.3 Å². The van der Waals surface area contributed by atoms with Crippen LogP contribution in [0.25, 0.3) is 0 Å². The number of hydrogen-bond donors (Lipinski definition) is 3. The first-order valence-corrected chi connectivity index (χ1v) is 10.7. The van der Waals surface area contributed by atoms with Crippen molar-refractivity contribution in [3.8, 4) is 0 Å². The lowest BCUT2D eigenvalue weighted by Gasteiger charge is -2.27. The highest BCUT2D eigenvalue weighted by Crippen LogP contribution is 2.27. The Morgan fingerprint density at radius 3 is 2.07 bits per heavy atom. The van der Waals surface area contributed by atoms with E-state index in [2.05, 4.69) is 15.5 Å². The number of benzene rings is 1. The number of carboxylic acids is 1. The number of carbonyl (C=O) groups is 2. The van der Waals surface area contributed by atoms with Crippen LogP contribution in [0.4, 0.5) is 11.4 Å². The molecule has 1 aromatic carbocycles. The summed E-state index contributed by atoms with van der Waals surface area (Å²) in [5.41, 5.74) is 1.83. The molecule has 2 aliphatic rings. The molecule has 0 atom stereocenters. The Morgan fingerprint density at radius 2 is 1.46 bits per heavy atom. The Hall–Kier alpha value is -2.08. The monoisotopic (exact) mass is 387 g/mol. The van der Waals surface area contributed by atoms with E-state index < -0.39 is 5.97 Å². The van der Waals surface area contributed by atoms with Gasteiger partial charge in [0.1, 0.15) is 0 Å². The molecule has 2 fully saturated rings. The highest BCUT2D eigenvalue weighted by atomic mass is 16.4. The molecule has 154 valence electrons. The zero-order valence-electron chi connectivity index (χ0n) is 16.7. The van der Waals surface area contributed by atoms with Crippen molar-refractivity contribution in [2.45, 2.75) is 63.8 Å². The molecule has 0 unspecified atom stereocenters. The van der Waals surface area contributed by atoms with Crippen LogP contribution in [0, 0.1) is 5.92 Å². The van der Waals surface area contributed by atoms with Crippen molar-refractivity contribution < 1.29 is 14.7 Å². The van der Waals surface area contributed by atoms with E-state index in [4.69, 9.17) is 5.11 Å². The summed E-state index contributed by atoms with van der Waals surface area (Å²) in [7, 11) is 0. The van der Waals surface area contributed by atoms with E-state index in [1.54, 1.807) is 0 Å². The lowest BCUT2D eigenvalue weighted by molar-refractivity contribution is -0.142. The number of aliphatic carboxylic acids is 1. The molecule has 0 spiro atoms. The normalized spacial score (nSPS) is 24.0. The number of likely N-dealkylation sites (tertiary alicyclic amines) is 1. The fourth-order valence-electron chi connectivity index (χ4n) is 4.24. The zero-order chi connectivity index (χ0) is 19.8. The summed E-state index contributed by atoms with van der Waals surface area (Å²) in [5, 5.41) is 15.6. The Kier molecular flexibility index (Phi) is 7.71. The number of rotatable bonds is 6. The van der Waals surface area contributed by atoms with Crippen LogP contribution in [0.5, 0.6) is 0 Å². The summed E-state index contributed by atoms with van der Waals surface area (Å²) in [5.74, 6) is -0.813. The van der Waals surface area contributed by atoms with Gasteiger partial charge in [-0.05, 0) is 75.9 Å². The van der Waals surface area contributed by atoms with Gasteiger partial charge in [-0.2, -0.15) is 0 Å². The fourth-order valence-corrected chi connectivity index (χ4v) is 4.24. The summed E-state index contributed by atoms with van der Waals surface area (Å²) >= 11 is 0. The van der Waals surface area contributed by atoms with E-state index in [0.29, 0.717) is 12.6 Å². The van der Waals surface area contributed by atoms with E-state index in [-0.39, 0.29) is 11.8 Å². The second kappa shape index (κ2) is 10.5. The molecule has 28 heavy (non-hydrogen) atoms. The highest BCUT2D eigenvalue weighted by molar-refractivity contribution is 5.92. The molecule has 6 nitrogen and oxygen atoms in total. The van der Waals surface area contributed by atoms with Gasteiger partial charge < -0.3 is 15.7 Å². The topological polar surface area (TPSA) is 81.7 Å². The van der Waals surface area contributed by atoms with E-state index in [1.807, 2.05) is 24.3 Å². The van der Waals surface area contributed by atoms with Gasteiger partial charge >= 0.3 is 5.97 Å². The van der Waals surface area contributed by atoms with E-state index in [0.717, 1.165) is 50.1 Å². The van der Waals surface area contributed by atoms with Crippen molar-refractivity contribution in [3.05, 3.63) is 24.3 Å². The minimum Gasteiger partial charge on any atom is -0.481 e. The summed E-state index contributed by atoms with van der Waals surface area (Å²) < 4.78 is 0. The van der Waals surface area contributed by atoms with E-state index in [9.17, 15) is 9.59 Å². The predicted octanol–water partition coefficient (Wildman–Crippen LogP) is 3.95. The third-order valence-electron chi connectivity index (χ3n) is 5.93. The maximum atomic E-state index is 12.4. The van der Waals surface area contributed by atoms with Crippen molar-refractivity contribution in [2.75, 3.05) is 30.3 Å². The summed E-state index contributed by atoms with van der Waals surface area (Å²) in [4.78, 5) is 25.7. The van der Waals surface area contributed by atoms with Gasteiger partial charge in [0.05, 0.1) is 12.5 Å². The number of hydrogen-bond acceptors (Lipinski definition) is 4. The standard InChI is InChI=1S/C22H33N3O3/c26-21(16-25-14-4-2-1-3-5-15-25)24-20-12-10-19(11-13-20)23-18-8-6-17(7-9-18)22(27)28/h10-13,17-18,23H,1-9,14-16H2,(H,24,26)(H,27,28). The third kappa shape index (κ3) is 6.51. The van der Waals surface area contributed by atoms with Gasteiger partial charge in [0.25, 0.3) is 0 Å². The number of amides is 1. The number of carboxylic acid groups (broad SMARTS) is 1. The Morgan fingerprint density at radius 1 is 0.893 bits per heavy atom. The molecule has 1 amide bonds. The first kappa shape index (κ1) is 20.6. The largest absolute Gasteiger partial charge is 0.481 e. The van der Waals surface area contributed by atoms with Gasteiger partial charge in [-0.3, -0.25) is 14.5 Å². The van der Waals surface area contributed by atoms with Crippen LogP contribution >= 0.6 is 0 Å². The van der Waals surface area contributed by atoms with Crippen LogP contribution in [-0.4, -0.2) is 47.6 Å². The van der Waals surface area contributed by atoms with Gasteiger partial charge in [-0.25, -0.2) is 0 Å². The number of anilines is 2. The molecule has 3 N–H and O–H groups in total. The molecule has 0 bridgehead atoms. The molecule has 0 aromatic heterocycles. The van der Waals surface area contributed by atoms with Crippen molar-refractivity contribution in [1.29, 1.82) is 0 Å². The predicted molar refractivity (Wildman–Crippen MR) is 112 cm³/mol. The fraction of sp³-hybridized carbons (Fsp3) is 0.636. The lowest BCUT2D eigenvalue weighted by Crippen LogP contribution is -2.35. The van der Waals surface area contributed by atoms with Crippen molar-refractivity contribution in [1.82, 2.24) is 4.90 Å². The van der Waals surface area contributed by atoms with Crippen molar-refractivity contribution in [3.63, 3.8) is 0 Å². The van der Waals surface area contributed by atoms with Crippen molar-refractivity contribution in [2.24, 2.45) is 5.92 Å². The third-order valence-corrected chi connectivity index (χ3v) is 5.93. The van der Waals surface area contributed by atoms with E-state index >= 15 is 0 Å². The summed E-state index contributed by atoms with van der Waals surface area (Å²) in [6.45, 7) is 2.49. The Balaban J connectivity index is 1.42. The maximum absolute atomic E-state index is 12.4. The van der Waals surface area contributed by atoms with Crippen LogP contribution < -0.4 is 10.6 Å². The molecule has 1 aromatic rings. The SMILES string of the molecule is O=C(CN1CCCCCCC1)Nc1ccc(NC2CCC(C(=O)O)CC2)cc1. The van der Waals surface area contributed by atoms with Gasteiger partial charge in [0.15, 0.2) is 0 Å². The van der Waals surface area contributed by atoms with Crippen LogP contribution in [-0.2, 0) is 9.59 Å². The molecule has 1 aliphatic heterocycles. The zero-order valence-corrected chi connectivity index (χ0v) is 16.7. The smallest absolute Gasteiger partial charge is 0.306 e. The van der Waals surface area contributed by atoms with Crippen LogP contribution in [0.1, 0.15) is 57.8 Å². The average Bonchev–Trinajstić information content (AvgIpc) is 2.66. The minimum atomic E-state index is -0.672. The van der Waals surface area contributed by atoms with Gasteiger partial charge in [-0.15, -0.1) is 0 Å². The molecule has 0 radical (unpaired) electrons. The molecule has 1 saturated carbocycles. The Bertz CT molecular complexity index is 631. The molecular weight excluding hydrogens is 354 g/mol. The molecule has 3 rings (SSSR count). The minimum absolute atomic E-state index is 0.0493. The molecular formula is C22H33N3O3. The molecule has 1 heterocycles. The van der Waals surface area contributed by atoms with Gasteiger partial charge in [0.2, 0.25) is 5.91 Å². The number of carbonyl (C=O) groups excluding carboxylic acids is 1. The number of nitrogens with one attached hydrogen (secondary N) is 2. The van der Waals surface area contributed by atoms with Crippen molar-refractivity contribution >= 4 is 23.3 Å². The number of nitrogens with zero attached hydrogens (tertiary/aromatic N) is 1. The van der Waals surface area contributed by atoms with Crippen LogP contribution in [0.2, 0.25) is 0 Å². The first-order chi connectivity index (χ1) is 13.6. The van der Waals surface area contributed by atoms with E-state index in [1.165, 1.54) is 32.1 Å². The summed E-state index contributed by atoms with van der Waals surface area (Å²) in [6, 6.07) is 8.14. The highest BCUT2D eigenvalue weighted by Gasteiger charge is 2.25. The van der Waals surface area contributed by atoms with Gasteiger partial charge in [0, 0.05) is 17.4 Å². The maximum Gasteiger partial charge on any atom is 0.306 e. The van der Waals surface area contributed by atoms with Crippen LogP contribution in [0.15, 0.2) is 24.3 Å². The second-order valence-corrected chi connectivity index (χ2v) is 8.20.